The Kier molecular flexibility index (Phi) is 8.74. The number of carbonyl (C=O) groups excluding carboxylic acids is 1. The van der Waals surface area contributed by atoms with E-state index in [0.29, 0.717) is 18.9 Å². The molecular formula is C19H29FN4OS. The largest absolute Gasteiger partial charge is 0.359 e. The van der Waals surface area contributed by atoms with Crippen molar-refractivity contribution in [1.29, 1.82) is 0 Å². The first-order chi connectivity index (χ1) is 12.6. The molecular weight excluding hydrogens is 351 g/mol. The summed E-state index contributed by atoms with van der Waals surface area (Å²) in [6, 6.07) is 6.57. The number of piperidine rings is 1. The number of guanidine groups is 1. The Bertz CT molecular complexity index is 586. The molecule has 0 spiro atoms. The van der Waals surface area contributed by atoms with E-state index in [1.807, 2.05) is 0 Å². The van der Waals surface area contributed by atoms with Crippen molar-refractivity contribution in [2.45, 2.75) is 31.1 Å². The Hall–Kier alpha value is -1.76. The predicted molar refractivity (Wildman–Crippen MR) is 106 cm³/mol. The summed E-state index contributed by atoms with van der Waals surface area (Å²) in [6.07, 6.45) is 2.65. The Balaban J connectivity index is 1.79. The summed E-state index contributed by atoms with van der Waals surface area (Å²) in [5.74, 6) is 2.19. The van der Waals surface area contributed by atoms with Crippen LogP contribution in [0, 0.1) is 11.7 Å². The van der Waals surface area contributed by atoms with Crippen LogP contribution in [0.15, 0.2) is 34.2 Å². The van der Waals surface area contributed by atoms with Gasteiger partial charge in [-0.1, -0.05) is 0 Å². The van der Waals surface area contributed by atoms with E-state index in [4.69, 9.17) is 4.99 Å². The third-order valence-corrected chi connectivity index (χ3v) is 5.43. The minimum atomic E-state index is -0.207. The van der Waals surface area contributed by atoms with Crippen molar-refractivity contribution >= 4 is 23.6 Å². The molecule has 0 aromatic heterocycles. The van der Waals surface area contributed by atoms with Crippen molar-refractivity contribution < 1.29 is 9.18 Å². The first kappa shape index (κ1) is 20.6. The molecule has 0 radical (unpaired) electrons. The number of nitrogens with zero attached hydrogens (tertiary/aromatic N) is 2. The van der Waals surface area contributed by atoms with Gasteiger partial charge in [0.05, 0.1) is 6.54 Å². The molecule has 1 amide bonds. The maximum atomic E-state index is 12.9. The summed E-state index contributed by atoms with van der Waals surface area (Å²) in [6.45, 7) is 5.48. The van der Waals surface area contributed by atoms with E-state index in [1.165, 1.54) is 12.1 Å². The van der Waals surface area contributed by atoms with E-state index in [-0.39, 0.29) is 11.7 Å². The first-order valence-corrected chi connectivity index (χ1v) is 10.2. The van der Waals surface area contributed by atoms with Crippen LogP contribution < -0.4 is 10.6 Å². The van der Waals surface area contributed by atoms with Gasteiger partial charge >= 0.3 is 0 Å². The summed E-state index contributed by atoms with van der Waals surface area (Å²) < 4.78 is 12.9. The molecule has 0 unspecified atom stereocenters. The number of likely N-dealkylation sites (tertiary alicyclic amines) is 1. The lowest BCUT2D eigenvalue weighted by Crippen LogP contribution is -2.46. The van der Waals surface area contributed by atoms with Gasteiger partial charge in [0, 0.05) is 43.8 Å². The fraction of sp³-hybridized carbons (Fsp3) is 0.579. The van der Waals surface area contributed by atoms with Crippen molar-refractivity contribution in [3.8, 4) is 0 Å². The van der Waals surface area contributed by atoms with Gasteiger partial charge in [0.2, 0.25) is 5.91 Å². The molecule has 1 saturated heterocycles. The number of benzene rings is 1. The Labute approximate surface area is 159 Å². The second-order valence-electron chi connectivity index (χ2n) is 6.35. The van der Waals surface area contributed by atoms with E-state index in [1.54, 1.807) is 30.9 Å². The molecule has 7 heteroatoms. The third kappa shape index (κ3) is 6.86. The molecule has 0 bridgehead atoms. The Morgan fingerprint density at radius 3 is 2.62 bits per heavy atom. The lowest BCUT2D eigenvalue weighted by Gasteiger charge is -2.34. The zero-order valence-electron chi connectivity index (χ0n) is 15.6. The molecule has 0 saturated carbocycles. The van der Waals surface area contributed by atoms with Gasteiger partial charge < -0.3 is 15.5 Å². The maximum absolute atomic E-state index is 12.9. The average Bonchev–Trinajstić information content (AvgIpc) is 2.66. The molecule has 1 aliphatic rings. The first-order valence-electron chi connectivity index (χ1n) is 9.24. The summed E-state index contributed by atoms with van der Waals surface area (Å²) in [7, 11) is 1.69. The van der Waals surface area contributed by atoms with Crippen LogP contribution in [0.1, 0.15) is 26.2 Å². The van der Waals surface area contributed by atoms with Crippen LogP contribution >= 0.6 is 11.8 Å². The second-order valence-corrected chi connectivity index (χ2v) is 7.51. The monoisotopic (exact) mass is 380 g/mol. The molecule has 2 rings (SSSR count). The SMILES string of the molecule is CCNC(=NCCSc1ccc(F)cc1)N1CCC(CC(=O)NC)CC1. The standard InChI is InChI=1S/C19H29FN4OS/c1-3-22-19(23-10-13-26-17-6-4-16(20)5-7-17)24-11-8-15(9-12-24)14-18(25)21-2/h4-7,15H,3,8-14H2,1-2H3,(H,21,25)(H,22,23). The van der Waals surface area contributed by atoms with Gasteiger partial charge in [0.15, 0.2) is 5.96 Å². The maximum Gasteiger partial charge on any atom is 0.220 e. The quantitative estimate of drug-likeness (QED) is 0.331. The van der Waals surface area contributed by atoms with Crippen molar-refractivity contribution in [3.63, 3.8) is 0 Å². The van der Waals surface area contributed by atoms with Gasteiger partial charge in [-0.2, -0.15) is 0 Å². The van der Waals surface area contributed by atoms with Crippen molar-refractivity contribution in [1.82, 2.24) is 15.5 Å². The highest BCUT2D eigenvalue weighted by Gasteiger charge is 2.22. The fourth-order valence-electron chi connectivity index (χ4n) is 2.98. The summed E-state index contributed by atoms with van der Waals surface area (Å²) >= 11 is 1.68. The minimum absolute atomic E-state index is 0.127. The van der Waals surface area contributed by atoms with Crippen LogP contribution in [-0.4, -0.2) is 55.7 Å². The predicted octanol–water partition coefficient (Wildman–Crippen LogP) is 2.73. The lowest BCUT2D eigenvalue weighted by atomic mass is 9.93. The van der Waals surface area contributed by atoms with Gasteiger partial charge in [-0.15, -0.1) is 11.8 Å². The number of hydrogen-bond acceptors (Lipinski definition) is 3. The minimum Gasteiger partial charge on any atom is -0.359 e. The van der Waals surface area contributed by atoms with Crippen molar-refractivity contribution in [2.24, 2.45) is 10.9 Å². The number of halogens is 1. The normalized spacial score (nSPS) is 15.8. The topological polar surface area (TPSA) is 56.7 Å². The third-order valence-electron chi connectivity index (χ3n) is 4.44. The molecule has 2 N–H and O–H groups in total. The number of rotatable bonds is 7. The molecule has 1 fully saturated rings. The van der Waals surface area contributed by atoms with E-state index in [9.17, 15) is 9.18 Å². The zero-order chi connectivity index (χ0) is 18.8. The number of hydrogen-bond donors (Lipinski definition) is 2. The lowest BCUT2D eigenvalue weighted by molar-refractivity contribution is -0.121. The molecule has 0 atom stereocenters. The molecule has 144 valence electrons. The molecule has 1 aromatic carbocycles. The van der Waals surface area contributed by atoms with E-state index in [0.717, 1.165) is 49.1 Å². The van der Waals surface area contributed by atoms with Crippen LogP contribution in [-0.2, 0) is 4.79 Å². The highest BCUT2D eigenvalue weighted by atomic mass is 32.2. The number of carbonyl (C=O) groups is 1. The number of nitrogens with one attached hydrogen (secondary N) is 2. The van der Waals surface area contributed by atoms with Crippen LogP contribution in [0.4, 0.5) is 4.39 Å². The smallest absolute Gasteiger partial charge is 0.220 e. The van der Waals surface area contributed by atoms with Crippen LogP contribution in [0.5, 0.6) is 0 Å². The highest BCUT2D eigenvalue weighted by molar-refractivity contribution is 7.99. The molecule has 1 aliphatic heterocycles. The summed E-state index contributed by atoms with van der Waals surface area (Å²) in [5, 5.41) is 6.07. The number of amides is 1. The van der Waals surface area contributed by atoms with E-state index < -0.39 is 0 Å². The van der Waals surface area contributed by atoms with Gasteiger partial charge in [-0.3, -0.25) is 9.79 Å². The van der Waals surface area contributed by atoms with Gasteiger partial charge in [0.25, 0.3) is 0 Å². The highest BCUT2D eigenvalue weighted by Crippen LogP contribution is 2.21. The van der Waals surface area contributed by atoms with Crippen LogP contribution in [0.25, 0.3) is 0 Å². The van der Waals surface area contributed by atoms with Gasteiger partial charge in [0.1, 0.15) is 5.82 Å². The Morgan fingerprint density at radius 1 is 1.31 bits per heavy atom. The summed E-state index contributed by atoms with van der Waals surface area (Å²) in [5.41, 5.74) is 0. The van der Waals surface area contributed by atoms with Gasteiger partial charge in [-0.05, 0) is 49.9 Å². The molecule has 1 aromatic rings. The molecule has 0 aliphatic carbocycles. The van der Waals surface area contributed by atoms with E-state index >= 15 is 0 Å². The van der Waals surface area contributed by atoms with Crippen molar-refractivity contribution in [2.75, 3.05) is 39.0 Å². The zero-order valence-corrected chi connectivity index (χ0v) is 16.4. The second kappa shape index (κ2) is 11.1. The van der Waals surface area contributed by atoms with Gasteiger partial charge in [-0.25, -0.2) is 4.39 Å². The van der Waals surface area contributed by atoms with E-state index in [2.05, 4.69) is 22.5 Å². The Morgan fingerprint density at radius 2 is 2.00 bits per heavy atom. The number of thioether (sulfide) groups is 1. The van der Waals surface area contributed by atoms with Crippen LogP contribution in [0.2, 0.25) is 0 Å². The molecule has 1 heterocycles. The molecule has 26 heavy (non-hydrogen) atoms. The average molecular weight is 381 g/mol. The molecule has 5 nitrogen and oxygen atoms in total. The number of aliphatic imine (C=N–C) groups is 1. The van der Waals surface area contributed by atoms with Crippen LogP contribution in [0.3, 0.4) is 0 Å². The van der Waals surface area contributed by atoms with Crippen molar-refractivity contribution in [3.05, 3.63) is 30.1 Å². The summed E-state index contributed by atoms with van der Waals surface area (Å²) in [4.78, 5) is 19.6. The fourth-order valence-corrected chi connectivity index (χ4v) is 3.73.